The predicted octanol–water partition coefficient (Wildman–Crippen LogP) is 1.27. The van der Waals surface area contributed by atoms with Gasteiger partial charge in [0.1, 0.15) is 0 Å². The van der Waals surface area contributed by atoms with Crippen molar-refractivity contribution in [2.45, 2.75) is 31.7 Å². The van der Waals surface area contributed by atoms with Crippen LogP contribution in [-0.4, -0.2) is 31.9 Å². The van der Waals surface area contributed by atoms with Crippen LogP contribution in [0.2, 0.25) is 0 Å². The first-order valence-electron chi connectivity index (χ1n) is 5.06. The molecule has 0 aromatic rings. The summed E-state index contributed by atoms with van der Waals surface area (Å²) >= 11 is -0.106. The van der Waals surface area contributed by atoms with Gasteiger partial charge in [0.2, 0.25) is 0 Å². The molecular weight excluding hydrogens is 313 g/mol. The minimum atomic E-state index is -0.106. The van der Waals surface area contributed by atoms with Crippen molar-refractivity contribution in [1.29, 1.82) is 0 Å². The van der Waals surface area contributed by atoms with Crippen molar-refractivity contribution in [3.05, 3.63) is 0 Å². The third kappa shape index (κ3) is 6.37. The second-order valence-electron chi connectivity index (χ2n) is 3.76. The summed E-state index contributed by atoms with van der Waals surface area (Å²) in [6.07, 6.45) is 7.73. The molecule has 0 saturated carbocycles. The number of piperidine rings is 1. The molecule has 2 aliphatic rings. The first-order valence-corrected chi connectivity index (χ1v) is 9.06. The van der Waals surface area contributed by atoms with Gasteiger partial charge >= 0.3 is 35.0 Å². The van der Waals surface area contributed by atoms with Gasteiger partial charge in [-0.3, -0.25) is 4.99 Å². The molecule has 1 atom stereocenters. The van der Waals surface area contributed by atoms with Crippen molar-refractivity contribution in [2.75, 3.05) is 19.6 Å². The van der Waals surface area contributed by atoms with Crippen LogP contribution in [0.25, 0.3) is 0 Å². The number of aliphatic imine (C=N–C) groups is 1. The average Bonchev–Trinajstić information content (AvgIpc) is 3.01. The fourth-order valence-corrected chi connectivity index (χ4v) is 1.86. The van der Waals surface area contributed by atoms with Crippen molar-refractivity contribution >= 4 is 25.3 Å². The Hall–Kier alpha value is 0.872. The first kappa shape index (κ1) is 12.9. The first-order chi connectivity index (χ1) is 6.86. The monoisotopic (exact) mass is 329 g/mol. The molecule has 0 aromatic carbocycles. The molecule has 2 nitrogen and oxygen atoms in total. The van der Waals surface area contributed by atoms with Crippen LogP contribution in [0.5, 0.6) is 0 Å². The molecule has 1 fully saturated rings. The molecule has 2 aliphatic heterocycles. The van der Waals surface area contributed by atoms with E-state index in [4.69, 9.17) is 19.1 Å². The van der Waals surface area contributed by atoms with E-state index in [1.165, 1.54) is 45.3 Å². The van der Waals surface area contributed by atoms with Crippen LogP contribution in [-0.2, 0) is 15.9 Å². The van der Waals surface area contributed by atoms with E-state index in [0.717, 1.165) is 0 Å². The molecule has 0 spiro atoms. The Balaban J connectivity index is 0.000000293. The van der Waals surface area contributed by atoms with E-state index in [-0.39, 0.29) is 15.9 Å². The molecule has 1 N–H and O–H groups in total. The number of hydrogen-bond donors (Lipinski definition) is 1. The normalized spacial score (nSPS) is 25.7. The molecule has 0 bridgehead atoms. The molecule has 1 saturated heterocycles. The van der Waals surface area contributed by atoms with Crippen LogP contribution in [0.1, 0.15) is 25.7 Å². The summed E-state index contributed by atoms with van der Waals surface area (Å²) in [4.78, 5) is 5.96. The summed E-state index contributed by atoms with van der Waals surface area (Å²) in [5.74, 6) is 0. The zero-order valence-electron chi connectivity index (χ0n) is 8.12. The van der Waals surface area contributed by atoms with E-state index in [1.807, 2.05) is 4.90 Å². The molecule has 86 valence electrons. The second kappa shape index (κ2) is 8.07. The van der Waals surface area contributed by atoms with Crippen molar-refractivity contribution in [2.24, 2.45) is 4.99 Å². The summed E-state index contributed by atoms with van der Waals surface area (Å²) in [7, 11) is 9.63. The summed E-state index contributed by atoms with van der Waals surface area (Å²) in [5.41, 5.74) is 0. The van der Waals surface area contributed by atoms with Crippen LogP contribution in [0.3, 0.4) is 0 Å². The molecule has 5 heteroatoms. The summed E-state index contributed by atoms with van der Waals surface area (Å²) < 4.78 is 0. The number of halogens is 2. The van der Waals surface area contributed by atoms with E-state index in [1.54, 1.807) is 0 Å². The fraction of sp³-hybridized carbons (Fsp3) is 0.889. The van der Waals surface area contributed by atoms with Crippen molar-refractivity contribution in [3.8, 4) is 0 Å². The van der Waals surface area contributed by atoms with Gasteiger partial charge in [0, 0.05) is 12.6 Å². The second-order valence-corrected chi connectivity index (χ2v) is 6.12. The molecule has 0 aromatic heterocycles. The van der Waals surface area contributed by atoms with Crippen molar-refractivity contribution in [3.63, 3.8) is 0 Å². The third-order valence-electron chi connectivity index (χ3n) is 2.71. The maximum absolute atomic E-state index is 4.81. The standard InChI is InChI=1S/C9H16N2.2ClH.Pd/c1-2-5-11(6-3-1)7-4-9-8-10-9;;;/h8-9H,1-7H2;2*1H;/q;;;+2/p-1. The van der Waals surface area contributed by atoms with Gasteiger partial charge in [0.15, 0.2) is 0 Å². The number of likely N-dealkylation sites (tertiary alicyclic amines) is 1. The number of nitrogens with one attached hydrogen (secondary N) is 1. The Morgan fingerprint density at radius 1 is 1.29 bits per heavy atom. The molecule has 0 radical (unpaired) electrons. The SMILES string of the molecule is C1=NC1CC[NH+]1CCCCC1.[Cl][Pd][Cl]. The van der Waals surface area contributed by atoms with Crippen LogP contribution in [0.15, 0.2) is 4.99 Å². The van der Waals surface area contributed by atoms with Crippen LogP contribution < -0.4 is 4.90 Å². The van der Waals surface area contributed by atoms with Crippen molar-refractivity contribution in [1.82, 2.24) is 0 Å². The number of quaternary nitrogens is 1. The number of nitrogens with zero attached hydrogens (tertiary/aromatic N) is 1. The van der Waals surface area contributed by atoms with Gasteiger partial charge in [0.25, 0.3) is 0 Å². The average molecular weight is 331 g/mol. The number of rotatable bonds is 3. The topological polar surface area (TPSA) is 16.8 Å². The molecular formula is C9H17Cl2N2Pd+. The molecule has 1 unspecified atom stereocenters. The van der Waals surface area contributed by atoms with E-state index in [2.05, 4.69) is 11.2 Å². The van der Waals surface area contributed by atoms with E-state index in [9.17, 15) is 0 Å². The van der Waals surface area contributed by atoms with Gasteiger partial charge < -0.3 is 4.90 Å². The summed E-state index contributed by atoms with van der Waals surface area (Å²) in [6, 6.07) is 0.643. The Morgan fingerprint density at radius 2 is 1.86 bits per heavy atom. The van der Waals surface area contributed by atoms with Gasteiger partial charge in [-0.2, -0.15) is 0 Å². The van der Waals surface area contributed by atoms with Gasteiger partial charge in [-0.15, -0.1) is 0 Å². The number of hydrogen-bond acceptors (Lipinski definition) is 1. The summed E-state index contributed by atoms with van der Waals surface area (Å²) in [6.45, 7) is 4.17. The van der Waals surface area contributed by atoms with E-state index in [0.29, 0.717) is 6.04 Å². The third-order valence-corrected chi connectivity index (χ3v) is 2.71. The van der Waals surface area contributed by atoms with Gasteiger partial charge in [0.05, 0.1) is 25.7 Å². The molecule has 0 amide bonds. The van der Waals surface area contributed by atoms with Gasteiger partial charge in [-0.05, 0) is 19.3 Å². The molecule has 0 aliphatic carbocycles. The van der Waals surface area contributed by atoms with Crippen molar-refractivity contribution < 1.29 is 20.8 Å². The van der Waals surface area contributed by atoms with Crippen LogP contribution in [0, 0.1) is 0 Å². The zero-order chi connectivity index (χ0) is 10.2. The Morgan fingerprint density at radius 3 is 2.36 bits per heavy atom. The maximum atomic E-state index is 4.81. The minimum absolute atomic E-state index is 0.106. The quantitative estimate of drug-likeness (QED) is 0.751. The molecule has 14 heavy (non-hydrogen) atoms. The Labute approximate surface area is 102 Å². The van der Waals surface area contributed by atoms with Gasteiger partial charge in [-0.25, -0.2) is 0 Å². The van der Waals surface area contributed by atoms with E-state index < -0.39 is 0 Å². The summed E-state index contributed by atoms with van der Waals surface area (Å²) in [5, 5.41) is 0. The molecule has 2 rings (SSSR count). The van der Waals surface area contributed by atoms with Crippen LogP contribution >= 0.6 is 19.1 Å². The van der Waals surface area contributed by atoms with Crippen LogP contribution in [0.4, 0.5) is 0 Å². The van der Waals surface area contributed by atoms with Gasteiger partial charge in [-0.1, -0.05) is 0 Å². The Bertz CT molecular complexity index is 166. The van der Waals surface area contributed by atoms with E-state index >= 15 is 0 Å². The fourth-order valence-electron chi connectivity index (χ4n) is 1.86. The predicted molar refractivity (Wildman–Crippen MR) is 58.0 cm³/mol. The zero-order valence-corrected chi connectivity index (χ0v) is 11.2. The Kier molecular flexibility index (Phi) is 7.46. The molecule has 2 heterocycles.